The maximum absolute atomic E-state index is 2.37. The van der Waals surface area contributed by atoms with E-state index in [-0.39, 0.29) is 0 Å². The monoisotopic (exact) mass is 428 g/mol. The first-order valence-corrected chi connectivity index (χ1v) is 14.6. The third-order valence-corrected chi connectivity index (χ3v) is 8.56. The summed E-state index contributed by atoms with van der Waals surface area (Å²) in [4.78, 5) is 3.10. The summed E-state index contributed by atoms with van der Waals surface area (Å²) in [5, 5.41) is 4.73. The van der Waals surface area contributed by atoms with Gasteiger partial charge in [0.05, 0.1) is 0 Å². The van der Waals surface area contributed by atoms with Crippen LogP contribution in [-0.2, 0) is 0 Å². The standard InChI is InChI=1S/C24H44S3/c1-3-5-7-9-11-13-15-17-19-26-23-21-25-22-24(23)27-20-18-16-14-12-10-8-6-4-2/h21-22H,3-20H2,1-2H3. The average Bonchev–Trinajstić information content (AvgIpc) is 3.12. The Morgan fingerprint density at radius 1 is 0.519 bits per heavy atom. The van der Waals surface area contributed by atoms with Crippen molar-refractivity contribution in [3.63, 3.8) is 0 Å². The van der Waals surface area contributed by atoms with Gasteiger partial charge in [-0.1, -0.05) is 104 Å². The summed E-state index contributed by atoms with van der Waals surface area (Å²) >= 11 is 6.07. The van der Waals surface area contributed by atoms with E-state index in [4.69, 9.17) is 0 Å². The summed E-state index contributed by atoms with van der Waals surface area (Å²) in [5.74, 6) is 2.61. The van der Waals surface area contributed by atoms with E-state index in [1.807, 2.05) is 11.3 Å². The van der Waals surface area contributed by atoms with Crippen LogP contribution in [0.1, 0.15) is 117 Å². The molecule has 0 unspecified atom stereocenters. The summed E-state index contributed by atoms with van der Waals surface area (Å²) in [6.07, 6.45) is 22.7. The van der Waals surface area contributed by atoms with Crippen molar-refractivity contribution < 1.29 is 0 Å². The van der Waals surface area contributed by atoms with Crippen LogP contribution in [0.15, 0.2) is 20.6 Å². The molecule has 158 valence electrons. The number of hydrogen-bond acceptors (Lipinski definition) is 3. The normalized spacial score (nSPS) is 11.3. The van der Waals surface area contributed by atoms with Crippen molar-refractivity contribution in [2.45, 2.75) is 126 Å². The molecule has 0 aliphatic rings. The van der Waals surface area contributed by atoms with Crippen molar-refractivity contribution >= 4 is 34.9 Å². The van der Waals surface area contributed by atoms with Crippen LogP contribution in [0.4, 0.5) is 0 Å². The predicted molar refractivity (Wildman–Crippen MR) is 131 cm³/mol. The van der Waals surface area contributed by atoms with E-state index in [0.29, 0.717) is 0 Å². The molecule has 1 aromatic heterocycles. The van der Waals surface area contributed by atoms with Crippen molar-refractivity contribution in [1.29, 1.82) is 0 Å². The molecule has 0 saturated carbocycles. The third-order valence-electron chi connectivity index (χ3n) is 5.10. The molecular weight excluding hydrogens is 384 g/mol. The maximum Gasteiger partial charge on any atom is 0.0315 e. The van der Waals surface area contributed by atoms with E-state index in [1.54, 1.807) is 9.79 Å². The zero-order valence-electron chi connectivity index (χ0n) is 18.1. The molecule has 0 N–H and O–H groups in total. The lowest BCUT2D eigenvalue weighted by atomic mass is 10.1. The molecule has 0 spiro atoms. The Bertz CT molecular complexity index is 377. The van der Waals surface area contributed by atoms with E-state index in [0.717, 1.165) is 0 Å². The highest BCUT2D eigenvalue weighted by molar-refractivity contribution is 8.02. The second kappa shape index (κ2) is 19.7. The SMILES string of the molecule is CCCCCCCCCCSc1cscc1SCCCCCCCCCC. The quantitative estimate of drug-likeness (QED) is 0.150. The molecule has 0 fully saturated rings. The van der Waals surface area contributed by atoms with E-state index in [9.17, 15) is 0 Å². The Kier molecular flexibility index (Phi) is 18.6. The van der Waals surface area contributed by atoms with Crippen LogP contribution in [0, 0.1) is 0 Å². The average molecular weight is 429 g/mol. The van der Waals surface area contributed by atoms with Gasteiger partial charge in [0.2, 0.25) is 0 Å². The lowest BCUT2D eigenvalue weighted by molar-refractivity contribution is 0.586. The fourth-order valence-corrected chi connectivity index (χ4v) is 6.81. The Morgan fingerprint density at radius 2 is 0.852 bits per heavy atom. The molecule has 0 bridgehead atoms. The van der Waals surface area contributed by atoms with Gasteiger partial charge in [-0.05, 0) is 24.3 Å². The highest BCUT2D eigenvalue weighted by Crippen LogP contribution is 2.35. The second-order valence-corrected chi connectivity index (χ2v) is 10.8. The first-order valence-electron chi connectivity index (χ1n) is 11.7. The van der Waals surface area contributed by atoms with Crippen molar-refractivity contribution in [2.24, 2.45) is 0 Å². The summed E-state index contributed by atoms with van der Waals surface area (Å²) in [6.45, 7) is 4.59. The lowest BCUT2D eigenvalue weighted by Crippen LogP contribution is -1.85. The summed E-state index contributed by atoms with van der Waals surface area (Å²) in [6, 6.07) is 0. The van der Waals surface area contributed by atoms with Crippen LogP contribution in [-0.4, -0.2) is 11.5 Å². The summed E-state index contributed by atoms with van der Waals surface area (Å²) in [5.41, 5.74) is 0. The molecule has 0 aliphatic carbocycles. The van der Waals surface area contributed by atoms with Crippen molar-refractivity contribution in [1.82, 2.24) is 0 Å². The van der Waals surface area contributed by atoms with Crippen LogP contribution in [0.25, 0.3) is 0 Å². The van der Waals surface area contributed by atoms with Crippen LogP contribution in [0.3, 0.4) is 0 Å². The van der Waals surface area contributed by atoms with Crippen molar-refractivity contribution in [2.75, 3.05) is 11.5 Å². The van der Waals surface area contributed by atoms with Gasteiger partial charge in [0.15, 0.2) is 0 Å². The maximum atomic E-state index is 2.37. The Balaban J connectivity index is 1.96. The Hall–Kier alpha value is 0.400. The predicted octanol–water partition coefficient (Wildman–Crippen LogP) is 10.2. The van der Waals surface area contributed by atoms with Gasteiger partial charge in [0.25, 0.3) is 0 Å². The number of thioether (sulfide) groups is 2. The lowest BCUT2D eigenvalue weighted by Gasteiger charge is -2.05. The van der Waals surface area contributed by atoms with E-state index in [1.165, 1.54) is 114 Å². The molecular formula is C24H44S3. The number of rotatable bonds is 20. The molecule has 27 heavy (non-hydrogen) atoms. The molecule has 1 rings (SSSR count). The molecule has 3 heteroatoms. The Morgan fingerprint density at radius 3 is 1.22 bits per heavy atom. The minimum atomic E-state index is 1.30. The van der Waals surface area contributed by atoms with E-state index >= 15 is 0 Å². The highest BCUT2D eigenvalue weighted by atomic mass is 32.2. The molecule has 0 amide bonds. The van der Waals surface area contributed by atoms with Crippen molar-refractivity contribution in [3.05, 3.63) is 10.8 Å². The number of unbranched alkanes of at least 4 members (excludes halogenated alkanes) is 14. The second-order valence-electron chi connectivity index (χ2n) is 7.75. The third kappa shape index (κ3) is 15.0. The van der Waals surface area contributed by atoms with Gasteiger partial charge in [0.1, 0.15) is 0 Å². The van der Waals surface area contributed by atoms with Gasteiger partial charge in [-0.2, -0.15) is 11.3 Å². The zero-order valence-corrected chi connectivity index (χ0v) is 20.6. The minimum Gasteiger partial charge on any atom is -0.150 e. The first-order chi connectivity index (χ1) is 13.4. The van der Waals surface area contributed by atoms with E-state index in [2.05, 4.69) is 48.1 Å². The van der Waals surface area contributed by atoms with Gasteiger partial charge in [0, 0.05) is 20.6 Å². The Labute approximate surface area is 183 Å². The van der Waals surface area contributed by atoms with Crippen molar-refractivity contribution in [3.8, 4) is 0 Å². The van der Waals surface area contributed by atoms with Gasteiger partial charge in [-0.25, -0.2) is 0 Å². The molecule has 0 aromatic carbocycles. The molecule has 1 heterocycles. The fourth-order valence-electron chi connectivity index (χ4n) is 3.32. The molecule has 0 atom stereocenters. The minimum absolute atomic E-state index is 1.30. The van der Waals surface area contributed by atoms with Crippen LogP contribution in [0.5, 0.6) is 0 Å². The zero-order chi connectivity index (χ0) is 19.4. The molecule has 0 aliphatic heterocycles. The molecule has 0 nitrogen and oxygen atoms in total. The van der Waals surface area contributed by atoms with Crippen LogP contribution >= 0.6 is 34.9 Å². The topological polar surface area (TPSA) is 0 Å². The van der Waals surface area contributed by atoms with Gasteiger partial charge < -0.3 is 0 Å². The van der Waals surface area contributed by atoms with Gasteiger partial charge in [-0.15, -0.1) is 23.5 Å². The number of hydrogen-bond donors (Lipinski definition) is 0. The van der Waals surface area contributed by atoms with Crippen LogP contribution in [0.2, 0.25) is 0 Å². The fraction of sp³-hybridized carbons (Fsp3) is 0.833. The van der Waals surface area contributed by atoms with Crippen LogP contribution < -0.4 is 0 Å². The van der Waals surface area contributed by atoms with Gasteiger partial charge >= 0.3 is 0 Å². The molecule has 0 radical (unpaired) electrons. The number of thiophene rings is 1. The molecule has 1 aromatic rings. The smallest absolute Gasteiger partial charge is 0.0315 e. The van der Waals surface area contributed by atoms with E-state index < -0.39 is 0 Å². The summed E-state index contributed by atoms with van der Waals surface area (Å²) in [7, 11) is 0. The highest BCUT2D eigenvalue weighted by Gasteiger charge is 2.05. The summed E-state index contributed by atoms with van der Waals surface area (Å²) < 4.78 is 0. The first kappa shape index (κ1) is 25.4. The largest absolute Gasteiger partial charge is 0.150 e. The van der Waals surface area contributed by atoms with Gasteiger partial charge in [-0.3, -0.25) is 0 Å². The molecule has 0 saturated heterocycles.